The van der Waals surface area contributed by atoms with E-state index in [1.54, 1.807) is 6.07 Å². The van der Waals surface area contributed by atoms with E-state index in [0.29, 0.717) is 10.6 Å². The van der Waals surface area contributed by atoms with Gasteiger partial charge in [0.1, 0.15) is 0 Å². The molecule has 0 radical (unpaired) electrons. The summed E-state index contributed by atoms with van der Waals surface area (Å²) in [6.07, 6.45) is 3.98. The van der Waals surface area contributed by atoms with E-state index in [2.05, 4.69) is 17.0 Å². The highest BCUT2D eigenvalue weighted by Gasteiger charge is 2.21. The molecule has 0 spiro atoms. The number of benzene rings is 1. The molecule has 0 heterocycles. The van der Waals surface area contributed by atoms with Crippen LogP contribution >= 0.6 is 11.6 Å². The molecule has 0 unspecified atom stereocenters. The van der Waals surface area contributed by atoms with Gasteiger partial charge >= 0.3 is 0 Å². The maximum Gasteiger partial charge on any atom is 0.170 e. The number of nitrogens with two attached hydrogens (primary N) is 1. The van der Waals surface area contributed by atoms with Crippen LogP contribution in [0.2, 0.25) is 5.02 Å². The molecule has 0 bridgehead atoms. The predicted octanol–water partition coefficient (Wildman–Crippen LogP) is 3.06. The average molecular weight is 282 g/mol. The summed E-state index contributed by atoms with van der Waals surface area (Å²) >= 11 is 6.31. The quantitative estimate of drug-likeness (QED) is 0.377. The molecule has 1 aromatic carbocycles. The summed E-state index contributed by atoms with van der Waals surface area (Å²) in [5.74, 6) is 0.871. The molecule has 4 nitrogen and oxygen atoms in total. The van der Waals surface area contributed by atoms with Gasteiger partial charge in [0.15, 0.2) is 5.84 Å². The Kier molecular flexibility index (Phi) is 4.53. The van der Waals surface area contributed by atoms with Crippen LogP contribution in [-0.4, -0.2) is 24.1 Å². The van der Waals surface area contributed by atoms with Crippen molar-refractivity contribution in [2.24, 2.45) is 16.8 Å². The van der Waals surface area contributed by atoms with E-state index >= 15 is 0 Å². The Morgan fingerprint density at radius 3 is 2.74 bits per heavy atom. The third-order valence-corrected chi connectivity index (χ3v) is 4.08. The van der Waals surface area contributed by atoms with E-state index < -0.39 is 0 Å². The molecule has 3 N–H and O–H groups in total. The van der Waals surface area contributed by atoms with Crippen LogP contribution in [-0.2, 0) is 0 Å². The molecule has 19 heavy (non-hydrogen) atoms. The summed E-state index contributed by atoms with van der Waals surface area (Å²) in [7, 11) is 0. The second kappa shape index (κ2) is 6.15. The number of hydrogen-bond donors (Lipinski definition) is 2. The van der Waals surface area contributed by atoms with Gasteiger partial charge in [-0.25, -0.2) is 0 Å². The first kappa shape index (κ1) is 14.0. The van der Waals surface area contributed by atoms with Crippen LogP contribution in [0.4, 0.5) is 5.69 Å². The fraction of sp³-hybridized carbons (Fsp3) is 0.500. The molecule has 1 aromatic rings. The molecule has 0 aliphatic heterocycles. The predicted molar refractivity (Wildman–Crippen MR) is 79.2 cm³/mol. The van der Waals surface area contributed by atoms with Crippen molar-refractivity contribution in [2.45, 2.75) is 26.2 Å². The topological polar surface area (TPSA) is 61.8 Å². The lowest BCUT2D eigenvalue weighted by Crippen LogP contribution is -2.32. The van der Waals surface area contributed by atoms with E-state index in [1.807, 2.05) is 12.1 Å². The molecule has 0 atom stereocenters. The zero-order chi connectivity index (χ0) is 13.8. The van der Waals surface area contributed by atoms with Crippen LogP contribution in [0.5, 0.6) is 0 Å². The van der Waals surface area contributed by atoms with E-state index in [4.69, 9.17) is 22.5 Å². The molecular formula is C14H20ClN3O. The second-order valence-corrected chi connectivity index (χ2v) is 5.39. The van der Waals surface area contributed by atoms with Crippen LogP contribution in [0.25, 0.3) is 0 Å². The smallest absolute Gasteiger partial charge is 0.170 e. The number of rotatable bonds is 5. The monoisotopic (exact) mass is 281 g/mol. The molecule has 104 valence electrons. The molecule has 1 aliphatic rings. The molecule has 1 fully saturated rings. The number of amidine groups is 1. The maximum atomic E-state index is 8.67. The van der Waals surface area contributed by atoms with Crippen molar-refractivity contribution in [3.8, 4) is 0 Å². The number of nitrogens with zero attached hydrogens (tertiary/aromatic N) is 2. The summed E-state index contributed by atoms with van der Waals surface area (Å²) in [6, 6.07) is 5.52. The van der Waals surface area contributed by atoms with Gasteiger partial charge in [0.25, 0.3) is 0 Å². The minimum atomic E-state index is 0.0792. The van der Waals surface area contributed by atoms with Crippen LogP contribution in [0.3, 0.4) is 0 Å². The highest BCUT2D eigenvalue weighted by Crippen LogP contribution is 2.32. The summed E-state index contributed by atoms with van der Waals surface area (Å²) in [4.78, 5) is 2.29. The number of halogens is 1. The van der Waals surface area contributed by atoms with Crippen LogP contribution < -0.4 is 10.6 Å². The highest BCUT2D eigenvalue weighted by atomic mass is 35.5. The number of anilines is 1. The fourth-order valence-corrected chi connectivity index (χ4v) is 2.67. The first-order valence-electron chi connectivity index (χ1n) is 6.68. The van der Waals surface area contributed by atoms with Gasteiger partial charge in [0, 0.05) is 18.7 Å². The van der Waals surface area contributed by atoms with Gasteiger partial charge in [-0.05, 0) is 43.9 Å². The van der Waals surface area contributed by atoms with Crippen molar-refractivity contribution in [2.75, 3.05) is 18.0 Å². The second-order valence-electron chi connectivity index (χ2n) is 4.99. The van der Waals surface area contributed by atoms with Crippen molar-refractivity contribution in [1.82, 2.24) is 0 Å². The van der Waals surface area contributed by atoms with Crippen molar-refractivity contribution in [3.05, 3.63) is 28.8 Å². The Hall–Kier alpha value is -1.42. The number of hydrogen-bond acceptors (Lipinski definition) is 3. The highest BCUT2D eigenvalue weighted by molar-refractivity contribution is 6.33. The Morgan fingerprint density at radius 2 is 2.26 bits per heavy atom. The summed E-state index contributed by atoms with van der Waals surface area (Å²) < 4.78 is 0. The lowest BCUT2D eigenvalue weighted by Gasteiger charge is -2.33. The Bertz CT molecular complexity index is 472. The van der Waals surface area contributed by atoms with Gasteiger partial charge in [0.2, 0.25) is 0 Å². The average Bonchev–Trinajstić information content (AvgIpc) is 2.37. The van der Waals surface area contributed by atoms with Gasteiger partial charge in [-0.3, -0.25) is 0 Å². The lowest BCUT2D eigenvalue weighted by atomic mass is 9.85. The largest absolute Gasteiger partial charge is 0.409 e. The van der Waals surface area contributed by atoms with Crippen LogP contribution in [0.15, 0.2) is 23.4 Å². The molecule has 5 heteroatoms. The number of oxime groups is 1. The Labute approximate surface area is 118 Å². The molecular weight excluding hydrogens is 262 g/mol. The standard InChI is InChI=1S/C14H20ClN3O/c1-2-18(9-10-4-3-5-10)13-7-6-11(8-12(13)15)14(16)17-19/h6-8,10,19H,2-5,9H2,1H3,(H2,16,17). The molecule has 0 aromatic heterocycles. The van der Waals surface area contributed by atoms with Crippen molar-refractivity contribution < 1.29 is 5.21 Å². The minimum Gasteiger partial charge on any atom is -0.409 e. The van der Waals surface area contributed by atoms with Gasteiger partial charge in [-0.1, -0.05) is 23.2 Å². The van der Waals surface area contributed by atoms with E-state index in [1.165, 1.54) is 19.3 Å². The SMILES string of the molecule is CCN(CC1CCC1)c1ccc(/C(N)=N/O)cc1Cl. The van der Waals surface area contributed by atoms with Crippen molar-refractivity contribution in [1.29, 1.82) is 0 Å². The third kappa shape index (κ3) is 3.13. The zero-order valence-electron chi connectivity index (χ0n) is 11.1. The third-order valence-electron chi connectivity index (χ3n) is 3.78. The molecule has 1 saturated carbocycles. The fourth-order valence-electron chi connectivity index (χ4n) is 2.37. The van der Waals surface area contributed by atoms with Crippen molar-refractivity contribution >= 4 is 23.1 Å². The van der Waals surface area contributed by atoms with E-state index in [-0.39, 0.29) is 5.84 Å². The normalized spacial score (nSPS) is 16.2. The summed E-state index contributed by atoms with van der Waals surface area (Å²) in [5.41, 5.74) is 7.22. The molecule has 1 aliphatic carbocycles. The van der Waals surface area contributed by atoms with Gasteiger partial charge in [-0.15, -0.1) is 0 Å². The van der Waals surface area contributed by atoms with Gasteiger partial charge in [-0.2, -0.15) is 0 Å². The lowest BCUT2D eigenvalue weighted by molar-refractivity contribution is 0.318. The van der Waals surface area contributed by atoms with Crippen LogP contribution in [0.1, 0.15) is 31.7 Å². The van der Waals surface area contributed by atoms with E-state index in [0.717, 1.165) is 24.7 Å². The van der Waals surface area contributed by atoms with Crippen LogP contribution in [0, 0.1) is 5.92 Å². The molecule has 0 amide bonds. The molecule has 2 rings (SSSR count). The summed E-state index contributed by atoms with van der Waals surface area (Å²) in [6.45, 7) is 4.12. The van der Waals surface area contributed by atoms with Gasteiger partial charge < -0.3 is 15.8 Å². The van der Waals surface area contributed by atoms with E-state index in [9.17, 15) is 0 Å². The minimum absolute atomic E-state index is 0.0792. The Balaban J connectivity index is 2.18. The maximum absolute atomic E-state index is 8.67. The van der Waals surface area contributed by atoms with Gasteiger partial charge in [0.05, 0.1) is 10.7 Å². The van der Waals surface area contributed by atoms with Crippen molar-refractivity contribution in [3.63, 3.8) is 0 Å². The first-order valence-corrected chi connectivity index (χ1v) is 7.06. The summed E-state index contributed by atoms with van der Waals surface area (Å²) in [5, 5.41) is 12.3. The molecule has 0 saturated heterocycles. The Morgan fingerprint density at radius 1 is 1.53 bits per heavy atom. The zero-order valence-corrected chi connectivity index (χ0v) is 11.9. The first-order chi connectivity index (χ1) is 9.15.